The van der Waals surface area contributed by atoms with Crippen molar-refractivity contribution in [1.82, 2.24) is 0 Å². The molecule has 0 aromatic heterocycles. The van der Waals surface area contributed by atoms with Crippen LogP contribution in [0.3, 0.4) is 0 Å². The van der Waals surface area contributed by atoms with Gasteiger partial charge in [0, 0.05) is 5.69 Å². The summed E-state index contributed by atoms with van der Waals surface area (Å²) >= 11 is 0. The van der Waals surface area contributed by atoms with Crippen molar-refractivity contribution in [3.8, 4) is 5.75 Å². The first-order chi connectivity index (χ1) is 14.9. The van der Waals surface area contributed by atoms with E-state index in [1.54, 1.807) is 0 Å². The molecule has 0 spiro atoms. The predicted molar refractivity (Wildman–Crippen MR) is 126 cm³/mol. The van der Waals surface area contributed by atoms with Gasteiger partial charge in [0.05, 0.1) is 0 Å². The van der Waals surface area contributed by atoms with Crippen LogP contribution in [0.5, 0.6) is 5.75 Å². The van der Waals surface area contributed by atoms with Gasteiger partial charge in [-0.15, -0.1) is 0 Å². The normalized spacial score (nSPS) is 29.7. The van der Waals surface area contributed by atoms with Crippen LogP contribution in [0.4, 0.5) is 5.69 Å². The van der Waals surface area contributed by atoms with Crippen LogP contribution in [-0.2, 0) is 10.2 Å². The van der Waals surface area contributed by atoms with E-state index in [0.29, 0.717) is 11.3 Å². The van der Waals surface area contributed by atoms with Gasteiger partial charge in [-0.3, -0.25) is 4.79 Å². The second kappa shape index (κ2) is 8.00. The third kappa shape index (κ3) is 4.00. The van der Waals surface area contributed by atoms with Crippen molar-refractivity contribution in [3.05, 3.63) is 59.7 Å². The molecule has 0 radical (unpaired) electrons. The van der Waals surface area contributed by atoms with Gasteiger partial charge in [-0.2, -0.15) is 0 Å². The highest BCUT2D eigenvalue weighted by atomic mass is 16.5. The summed E-state index contributed by atoms with van der Waals surface area (Å²) in [5, 5.41) is 3.05. The molecular formula is C28H35NO2. The quantitative estimate of drug-likeness (QED) is 0.569. The molecule has 4 bridgehead atoms. The van der Waals surface area contributed by atoms with Gasteiger partial charge in [-0.1, -0.05) is 44.2 Å². The number of ether oxygens (including phenoxy) is 1. The molecule has 2 aromatic rings. The van der Waals surface area contributed by atoms with Gasteiger partial charge >= 0.3 is 0 Å². The summed E-state index contributed by atoms with van der Waals surface area (Å²) in [6.45, 7) is 6.09. The van der Waals surface area contributed by atoms with E-state index >= 15 is 0 Å². The van der Waals surface area contributed by atoms with Crippen LogP contribution in [0.2, 0.25) is 0 Å². The number of benzene rings is 2. The first-order valence-corrected chi connectivity index (χ1v) is 12.1. The van der Waals surface area contributed by atoms with Crippen molar-refractivity contribution in [2.45, 2.75) is 76.7 Å². The highest BCUT2D eigenvalue weighted by Gasteiger charge is 2.51. The molecular weight excluding hydrogens is 382 g/mol. The number of nitrogens with one attached hydrogen (secondary N) is 1. The zero-order chi connectivity index (χ0) is 21.6. The maximum absolute atomic E-state index is 12.8. The van der Waals surface area contributed by atoms with E-state index in [-0.39, 0.29) is 5.91 Å². The Morgan fingerprint density at radius 1 is 0.903 bits per heavy atom. The number of carbonyl (C=O) groups excluding carboxylic acids is 1. The summed E-state index contributed by atoms with van der Waals surface area (Å²) in [5.74, 6) is 3.86. The van der Waals surface area contributed by atoms with Crippen molar-refractivity contribution in [1.29, 1.82) is 0 Å². The molecule has 1 unspecified atom stereocenters. The molecule has 2 aromatic carbocycles. The lowest BCUT2D eigenvalue weighted by molar-refractivity contribution is -0.122. The molecule has 0 heterocycles. The van der Waals surface area contributed by atoms with E-state index in [9.17, 15) is 4.79 Å². The fraction of sp³-hybridized carbons (Fsp3) is 0.536. The zero-order valence-electron chi connectivity index (χ0n) is 19.1. The molecule has 4 aliphatic rings. The SMILES string of the molecule is CC(Oc1ccccc1C(C)C)C(=O)Nc1ccc(C23CC4CC(CC(C4)C2)C3)cc1. The maximum atomic E-state index is 12.8. The number of anilines is 1. The Balaban J connectivity index is 1.24. The molecule has 0 aliphatic heterocycles. The number of hydrogen-bond acceptors (Lipinski definition) is 2. The molecule has 1 atom stereocenters. The smallest absolute Gasteiger partial charge is 0.265 e. The standard InChI is InChI=1S/C28H35NO2/c1-18(2)25-6-4-5-7-26(25)31-19(3)27(30)29-24-10-8-23(9-11-24)28-15-20-12-21(16-28)14-22(13-20)17-28/h4-11,18-22H,12-17H2,1-3H3,(H,29,30). The minimum Gasteiger partial charge on any atom is -0.481 e. The molecule has 3 nitrogen and oxygen atoms in total. The molecule has 1 amide bonds. The molecule has 4 fully saturated rings. The predicted octanol–water partition coefficient (Wildman–Crippen LogP) is 6.68. The number of amides is 1. The lowest BCUT2D eigenvalue weighted by atomic mass is 9.48. The molecule has 4 saturated carbocycles. The molecule has 31 heavy (non-hydrogen) atoms. The van der Waals surface area contributed by atoms with Gasteiger partial charge in [0.2, 0.25) is 0 Å². The lowest BCUT2D eigenvalue weighted by Crippen LogP contribution is -2.48. The summed E-state index contributed by atoms with van der Waals surface area (Å²) in [5.41, 5.74) is 3.86. The molecule has 4 aliphatic carbocycles. The fourth-order valence-corrected chi connectivity index (χ4v) is 6.92. The van der Waals surface area contributed by atoms with Crippen molar-refractivity contribution in [3.63, 3.8) is 0 Å². The Kier molecular flexibility index (Phi) is 5.32. The minimum absolute atomic E-state index is 0.110. The minimum atomic E-state index is -0.553. The van der Waals surface area contributed by atoms with Crippen molar-refractivity contribution >= 4 is 11.6 Å². The van der Waals surface area contributed by atoms with Crippen LogP contribution < -0.4 is 10.1 Å². The Morgan fingerprint density at radius 2 is 1.48 bits per heavy atom. The van der Waals surface area contributed by atoms with Crippen LogP contribution in [-0.4, -0.2) is 12.0 Å². The number of rotatable bonds is 6. The van der Waals surface area contributed by atoms with Gasteiger partial charge in [0.25, 0.3) is 5.91 Å². The summed E-state index contributed by atoms with van der Waals surface area (Å²) < 4.78 is 6.02. The third-order valence-electron chi connectivity index (χ3n) is 8.02. The molecule has 3 heteroatoms. The summed E-state index contributed by atoms with van der Waals surface area (Å²) in [6.07, 6.45) is 7.94. The van der Waals surface area contributed by atoms with Crippen LogP contribution in [0.1, 0.15) is 76.3 Å². The van der Waals surface area contributed by atoms with Crippen LogP contribution in [0.15, 0.2) is 48.5 Å². The first-order valence-electron chi connectivity index (χ1n) is 12.1. The van der Waals surface area contributed by atoms with Crippen molar-refractivity contribution in [2.75, 3.05) is 5.32 Å². The summed E-state index contributed by atoms with van der Waals surface area (Å²) in [4.78, 5) is 12.8. The van der Waals surface area contributed by atoms with Gasteiger partial charge in [0.15, 0.2) is 6.10 Å². The molecule has 0 saturated heterocycles. The first kappa shape index (κ1) is 20.6. The zero-order valence-corrected chi connectivity index (χ0v) is 19.1. The monoisotopic (exact) mass is 417 g/mol. The van der Waals surface area contributed by atoms with Crippen LogP contribution >= 0.6 is 0 Å². The second-order valence-corrected chi connectivity index (χ2v) is 10.7. The molecule has 1 N–H and O–H groups in total. The van der Waals surface area contributed by atoms with Gasteiger partial charge in [-0.25, -0.2) is 0 Å². The van der Waals surface area contributed by atoms with E-state index in [2.05, 4.69) is 49.5 Å². The van der Waals surface area contributed by atoms with E-state index in [1.165, 1.54) is 44.1 Å². The van der Waals surface area contributed by atoms with E-state index in [4.69, 9.17) is 4.74 Å². The number of hydrogen-bond donors (Lipinski definition) is 1. The summed E-state index contributed by atoms with van der Waals surface area (Å²) in [7, 11) is 0. The van der Waals surface area contributed by atoms with Crippen molar-refractivity contribution in [2.24, 2.45) is 17.8 Å². The topological polar surface area (TPSA) is 38.3 Å². The lowest BCUT2D eigenvalue weighted by Gasteiger charge is -2.57. The maximum Gasteiger partial charge on any atom is 0.265 e. The number of carbonyl (C=O) groups is 1. The highest BCUT2D eigenvalue weighted by Crippen LogP contribution is 2.60. The van der Waals surface area contributed by atoms with Gasteiger partial charge < -0.3 is 10.1 Å². The average molecular weight is 418 g/mol. The highest BCUT2D eigenvalue weighted by molar-refractivity contribution is 5.94. The average Bonchev–Trinajstić information content (AvgIpc) is 2.73. The van der Waals surface area contributed by atoms with Gasteiger partial charge in [0.1, 0.15) is 5.75 Å². The largest absolute Gasteiger partial charge is 0.481 e. The van der Waals surface area contributed by atoms with Gasteiger partial charge in [-0.05, 0) is 104 Å². The Bertz CT molecular complexity index is 910. The fourth-order valence-electron chi connectivity index (χ4n) is 6.92. The molecule has 6 rings (SSSR count). The third-order valence-corrected chi connectivity index (χ3v) is 8.02. The van der Waals surface area contributed by atoms with Crippen molar-refractivity contribution < 1.29 is 9.53 Å². The Hall–Kier alpha value is -2.29. The Labute approximate surface area is 186 Å². The second-order valence-electron chi connectivity index (χ2n) is 10.7. The number of para-hydroxylation sites is 1. The summed E-state index contributed by atoms with van der Waals surface area (Å²) in [6, 6.07) is 16.7. The Morgan fingerprint density at radius 3 is 2.06 bits per heavy atom. The van der Waals surface area contributed by atoms with E-state index in [1.807, 2.05) is 25.1 Å². The van der Waals surface area contributed by atoms with E-state index < -0.39 is 6.10 Å². The van der Waals surface area contributed by atoms with Crippen LogP contribution in [0.25, 0.3) is 0 Å². The van der Waals surface area contributed by atoms with Crippen LogP contribution in [0, 0.1) is 17.8 Å². The van der Waals surface area contributed by atoms with E-state index in [0.717, 1.165) is 34.8 Å². The molecule has 164 valence electrons.